The van der Waals surface area contributed by atoms with Crippen molar-refractivity contribution in [2.24, 2.45) is 0 Å². The molecule has 0 saturated carbocycles. The lowest BCUT2D eigenvalue weighted by atomic mass is 9.97. The van der Waals surface area contributed by atoms with Gasteiger partial charge in [0.15, 0.2) is 0 Å². The number of hydrogen-bond donors (Lipinski definition) is 0. The van der Waals surface area contributed by atoms with E-state index in [0.717, 1.165) is 0 Å². The van der Waals surface area contributed by atoms with Crippen LogP contribution in [-0.4, -0.2) is 17.9 Å². The first-order chi connectivity index (χ1) is 14.5. The summed E-state index contributed by atoms with van der Waals surface area (Å²) in [5.41, 5.74) is 10.7. The van der Waals surface area contributed by atoms with E-state index in [9.17, 15) is 0 Å². The first-order valence-electron chi connectivity index (χ1n) is 10.7. The van der Waals surface area contributed by atoms with E-state index in [2.05, 4.69) is 114 Å². The van der Waals surface area contributed by atoms with E-state index in [-0.39, 0.29) is 0 Å². The monoisotopic (exact) mass is 403 g/mol. The molecule has 0 amide bonds. The van der Waals surface area contributed by atoms with Crippen molar-refractivity contribution in [1.82, 2.24) is 3.55 Å². The minimum atomic E-state index is -1.20. The molecule has 2 heteroatoms. The summed E-state index contributed by atoms with van der Waals surface area (Å²) >= 11 is -1.20. The maximum absolute atomic E-state index is 2.69. The molecule has 0 N–H and O–H groups in total. The predicted molar refractivity (Wildman–Crippen MR) is 133 cm³/mol. The summed E-state index contributed by atoms with van der Waals surface area (Å²) in [4.78, 5) is 0. The van der Waals surface area contributed by atoms with Gasteiger partial charge in [0.1, 0.15) is 0 Å². The summed E-state index contributed by atoms with van der Waals surface area (Å²) in [5, 5.41) is 2.76. The normalized spacial score (nSPS) is 11.3. The topological polar surface area (TPSA) is 4.93 Å². The van der Waals surface area contributed by atoms with Gasteiger partial charge in [0, 0.05) is 32.9 Å². The zero-order valence-electron chi connectivity index (χ0n) is 18.1. The molecule has 0 saturated heterocycles. The van der Waals surface area contributed by atoms with Crippen molar-refractivity contribution in [3.63, 3.8) is 0 Å². The van der Waals surface area contributed by atoms with Gasteiger partial charge >= 0.3 is 14.4 Å². The molecule has 5 aromatic rings. The second-order valence-electron chi connectivity index (χ2n) is 8.61. The Labute approximate surface area is 183 Å². The minimum Gasteiger partial charge on any atom is -0.432 e. The Morgan fingerprint density at radius 3 is 1.33 bits per heavy atom. The fraction of sp³-hybridized carbons (Fsp3) is 0.143. The maximum atomic E-state index is 2.69. The fourth-order valence-electron chi connectivity index (χ4n) is 4.79. The quantitative estimate of drug-likeness (QED) is 0.270. The Morgan fingerprint density at radius 2 is 0.967 bits per heavy atom. The van der Waals surface area contributed by atoms with Gasteiger partial charge in [-0.2, -0.15) is 0 Å². The molecular weight excluding hydrogens is 377 g/mol. The van der Waals surface area contributed by atoms with Gasteiger partial charge in [0.25, 0.3) is 0 Å². The lowest BCUT2D eigenvalue weighted by Crippen LogP contribution is -2.15. The summed E-state index contributed by atoms with van der Waals surface area (Å²) in [5.74, 6) is 4.87. The third-order valence-electron chi connectivity index (χ3n) is 5.97. The molecule has 1 aromatic heterocycles. The van der Waals surface area contributed by atoms with Gasteiger partial charge in [-0.05, 0) is 60.4 Å². The van der Waals surface area contributed by atoms with Crippen LogP contribution < -0.4 is 0 Å². The molecule has 0 atom stereocenters. The molecule has 5 rings (SSSR count). The molecule has 0 aliphatic carbocycles. The molecule has 1 nitrogen and oxygen atoms in total. The molecule has 0 aliphatic rings. The van der Waals surface area contributed by atoms with E-state index >= 15 is 0 Å². The third-order valence-corrected chi connectivity index (χ3v) is 7.52. The van der Waals surface area contributed by atoms with Gasteiger partial charge in [0.2, 0.25) is 0 Å². The SMILES string of the molecule is Cc1cc(-c2ccccc2)c2c(c1)c1cc(C)cc(-c3ccccc3)c1[n]2[Al]([CH3])[CH3]. The summed E-state index contributed by atoms with van der Waals surface area (Å²) in [7, 11) is 0. The summed E-state index contributed by atoms with van der Waals surface area (Å²) in [6, 6.07) is 31.2. The van der Waals surface area contributed by atoms with Crippen molar-refractivity contribution < 1.29 is 0 Å². The smallest absolute Gasteiger partial charge is 0.412 e. The van der Waals surface area contributed by atoms with Gasteiger partial charge in [-0.25, -0.2) is 0 Å². The number of aromatic nitrogens is 1. The van der Waals surface area contributed by atoms with E-state index < -0.39 is 14.4 Å². The van der Waals surface area contributed by atoms with Gasteiger partial charge < -0.3 is 3.55 Å². The third kappa shape index (κ3) is 3.09. The molecule has 146 valence electrons. The molecule has 0 aliphatic heterocycles. The number of hydrogen-bond acceptors (Lipinski definition) is 0. The van der Waals surface area contributed by atoms with Crippen LogP contribution in [0.15, 0.2) is 84.9 Å². The Kier molecular flexibility index (Phi) is 4.78. The average Bonchev–Trinajstić information content (AvgIpc) is 3.08. The fourth-order valence-corrected chi connectivity index (χ4v) is 6.38. The van der Waals surface area contributed by atoms with Gasteiger partial charge in [0.05, 0.1) is 0 Å². The van der Waals surface area contributed by atoms with Crippen LogP contribution in [0.1, 0.15) is 11.1 Å². The summed E-state index contributed by atoms with van der Waals surface area (Å²) in [6.45, 7) is 4.44. The zero-order chi connectivity index (χ0) is 20.8. The van der Waals surface area contributed by atoms with Crippen molar-refractivity contribution in [1.29, 1.82) is 0 Å². The highest BCUT2D eigenvalue weighted by Crippen LogP contribution is 2.41. The first-order valence-corrected chi connectivity index (χ1v) is 13.6. The van der Waals surface area contributed by atoms with Crippen molar-refractivity contribution in [3.05, 3.63) is 96.1 Å². The van der Waals surface area contributed by atoms with Crippen LogP contribution in [0, 0.1) is 13.8 Å². The van der Waals surface area contributed by atoms with Crippen LogP contribution in [0.3, 0.4) is 0 Å². The first kappa shape index (κ1) is 19.2. The highest BCUT2D eigenvalue weighted by molar-refractivity contribution is 6.57. The van der Waals surface area contributed by atoms with Gasteiger partial charge in [-0.3, -0.25) is 0 Å². The number of aryl methyl sites for hydroxylation is 2. The highest BCUT2D eigenvalue weighted by Gasteiger charge is 2.22. The second kappa shape index (κ2) is 7.48. The van der Waals surface area contributed by atoms with Crippen LogP contribution in [0.2, 0.25) is 11.6 Å². The van der Waals surface area contributed by atoms with Crippen LogP contribution in [-0.2, 0) is 0 Å². The van der Waals surface area contributed by atoms with Crippen molar-refractivity contribution in [3.8, 4) is 22.3 Å². The van der Waals surface area contributed by atoms with Gasteiger partial charge in [-0.15, -0.1) is 0 Å². The molecule has 4 aromatic carbocycles. The zero-order valence-corrected chi connectivity index (χ0v) is 19.3. The van der Waals surface area contributed by atoms with E-state index in [1.807, 2.05) is 0 Å². The molecule has 0 unspecified atom stereocenters. The molecule has 1 heterocycles. The Bertz CT molecular complexity index is 1260. The number of rotatable bonds is 3. The van der Waals surface area contributed by atoms with E-state index in [1.165, 1.54) is 55.2 Å². The van der Waals surface area contributed by atoms with Gasteiger partial charge in [-0.1, -0.05) is 72.2 Å². The Morgan fingerprint density at radius 1 is 0.567 bits per heavy atom. The Hall–Kier alpha value is -2.79. The van der Waals surface area contributed by atoms with Crippen LogP contribution in [0.4, 0.5) is 0 Å². The molecule has 30 heavy (non-hydrogen) atoms. The lowest BCUT2D eigenvalue weighted by Gasteiger charge is -2.16. The minimum absolute atomic E-state index is 1.20. The Balaban J connectivity index is 2.02. The summed E-state index contributed by atoms with van der Waals surface area (Å²) < 4.78 is 2.69. The van der Waals surface area contributed by atoms with E-state index in [1.54, 1.807) is 0 Å². The lowest BCUT2D eigenvalue weighted by molar-refractivity contribution is 1.31. The van der Waals surface area contributed by atoms with Crippen LogP contribution in [0.5, 0.6) is 0 Å². The summed E-state index contributed by atoms with van der Waals surface area (Å²) in [6.07, 6.45) is 0. The molecule has 0 bridgehead atoms. The van der Waals surface area contributed by atoms with E-state index in [0.29, 0.717) is 0 Å². The van der Waals surface area contributed by atoms with Crippen molar-refractivity contribution >= 4 is 36.2 Å². The highest BCUT2D eigenvalue weighted by atomic mass is 27.2. The van der Waals surface area contributed by atoms with Crippen molar-refractivity contribution in [2.75, 3.05) is 0 Å². The maximum Gasteiger partial charge on any atom is 0.412 e. The second-order valence-corrected chi connectivity index (χ2v) is 11.3. The predicted octanol–water partition coefficient (Wildman–Crippen LogP) is 7.84. The molecule has 0 spiro atoms. The van der Waals surface area contributed by atoms with Crippen LogP contribution >= 0.6 is 0 Å². The van der Waals surface area contributed by atoms with Crippen LogP contribution in [0.25, 0.3) is 44.1 Å². The number of nitrogens with zero attached hydrogens (tertiary/aromatic N) is 1. The van der Waals surface area contributed by atoms with Crippen molar-refractivity contribution in [2.45, 2.75) is 25.4 Å². The molecule has 0 radical (unpaired) electrons. The standard InChI is InChI=1S/C26H20N.2CH3.Al/c1-17-13-21(19-9-5-3-6-10-19)25-23(15-17)24-16-18(2)14-22(26(24)27-25)20-11-7-4-8-12-20;;;/h3-16H,1-2H3;2*1H3;/q-1;;;+1. The molecule has 0 fully saturated rings. The average molecular weight is 404 g/mol. The number of fused-ring (bicyclic) bond motifs is 3. The molecular formula is C28H26AlN. The number of benzene rings is 4. The largest absolute Gasteiger partial charge is 0.432 e. The van der Waals surface area contributed by atoms with E-state index in [4.69, 9.17) is 0 Å².